The lowest BCUT2D eigenvalue weighted by atomic mass is 9.87. The Morgan fingerprint density at radius 1 is 1.13 bits per heavy atom. The van der Waals surface area contributed by atoms with Gasteiger partial charge in [-0.2, -0.15) is 0 Å². The van der Waals surface area contributed by atoms with Gasteiger partial charge in [-0.1, -0.05) is 45.0 Å². The number of nitro groups is 1. The lowest BCUT2D eigenvalue weighted by molar-refractivity contribution is -0.384. The van der Waals surface area contributed by atoms with Crippen LogP contribution in [0.3, 0.4) is 0 Å². The van der Waals surface area contributed by atoms with E-state index >= 15 is 0 Å². The first kappa shape index (κ1) is 16.7. The van der Waals surface area contributed by atoms with Crippen molar-refractivity contribution in [3.8, 4) is 5.75 Å². The average Bonchev–Trinajstić information content (AvgIpc) is 2.52. The second-order valence-electron chi connectivity index (χ2n) is 6.33. The molecule has 0 N–H and O–H groups in total. The largest absolute Gasteiger partial charge is 0.488 e. The summed E-state index contributed by atoms with van der Waals surface area (Å²) in [5, 5.41) is 10.7. The third-order valence-corrected chi connectivity index (χ3v) is 3.55. The minimum atomic E-state index is -0.540. The zero-order valence-corrected chi connectivity index (χ0v) is 13.4. The second kappa shape index (κ2) is 6.60. The molecule has 0 saturated heterocycles. The topological polar surface area (TPSA) is 69.4 Å². The van der Waals surface area contributed by atoms with Crippen LogP contribution in [0.5, 0.6) is 5.75 Å². The number of nitro benzene ring substituents is 1. The Balaban J connectivity index is 2.11. The molecule has 0 radical (unpaired) electrons. The van der Waals surface area contributed by atoms with Crippen molar-refractivity contribution in [2.45, 2.75) is 32.8 Å². The number of hydrogen-bond acceptors (Lipinski definition) is 4. The van der Waals surface area contributed by atoms with Gasteiger partial charge in [-0.25, -0.2) is 0 Å². The maximum atomic E-state index is 11.1. The zero-order valence-electron chi connectivity index (χ0n) is 13.4. The number of non-ortho nitro benzene ring substituents is 1. The van der Waals surface area contributed by atoms with Crippen LogP contribution in [0.2, 0.25) is 0 Å². The Labute approximate surface area is 135 Å². The summed E-state index contributed by atoms with van der Waals surface area (Å²) in [4.78, 5) is 21.2. The fourth-order valence-electron chi connectivity index (χ4n) is 2.14. The third kappa shape index (κ3) is 4.16. The quantitative estimate of drug-likeness (QED) is 0.469. The molecule has 0 aliphatic heterocycles. The Bertz CT molecular complexity index is 715. The summed E-state index contributed by atoms with van der Waals surface area (Å²) in [5.74, 6) is 0.338. The predicted molar refractivity (Wildman–Crippen MR) is 88.0 cm³/mol. The second-order valence-corrected chi connectivity index (χ2v) is 6.33. The van der Waals surface area contributed by atoms with Gasteiger partial charge in [0.05, 0.1) is 10.5 Å². The fourth-order valence-corrected chi connectivity index (χ4v) is 2.14. The van der Waals surface area contributed by atoms with Crippen molar-refractivity contribution in [3.63, 3.8) is 0 Å². The van der Waals surface area contributed by atoms with E-state index in [1.165, 1.54) is 23.8 Å². The molecule has 0 heterocycles. The molecule has 2 aromatic carbocycles. The van der Waals surface area contributed by atoms with Crippen molar-refractivity contribution in [2.75, 3.05) is 0 Å². The van der Waals surface area contributed by atoms with Crippen molar-refractivity contribution >= 4 is 12.0 Å². The van der Waals surface area contributed by atoms with Gasteiger partial charge in [0.1, 0.15) is 12.4 Å². The van der Waals surface area contributed by atoms with E-state index in [1.54, 1.807) is 0 Å². The summed E-state index contributed by atoms with van der Waals surface area (Å²) in [6, 6.07) is 12.0. The van der Waals surface area contributed by atoms with Gasteiger partial charge in [-0.3, -0.25) is 14.9 Å². The molecule has 2 rings (SSSR count). The molecule has 0 saturated carbocycles. The maximum Gasteiger partial charge on any atom is 0.270 e. The molecule has 0 fully saturated rings. The maximum absolute atomic E-state index is 11.1. The van der Waals surface area contributed by atoms with Crippen LogP contribution in [0.15, 0.2) is 42.5 Å². The molecule has 23 heavy (non-hydrogen) atoms. The molecule has 5 heteroatoms. The number of benzene rings is 2. The molecule has 0 unspecified atom stereocenters. The van der Waals surface area contributed by atoms with Crippen molar-refractivity contribution in [1.82, 2.24) is 0 Å². The van der Waals surface area contributed by atoms with Crippen molar-refractivity contribution in [3.05, 3.63) is 69.3 Å². The van der Waals surface area contributed by atoms with Crippen LogP contribution < -0.4 is 4.74 Å². The van der Waals surface area contributed by atoms with E-state index in [1.807, 2.05) is 12.1 Å². The highest BCUT2D eigenvalue weighted by Crippen LogP contribution is 2.25. The highest BCUT2D eigenvalue weighted by Gasteiger charge is 2.14. The van der Waals surface area contributed by atoms with E-state index in [0.29, 0.717) is 18.6 Å². The third-order valence-electron chi connectivity index (χ3n) is 3.55. The van der Waals surface area contributed by atoms with Crippen molar-refractivity contribution in [1.29, 1.82) is 0 Å². The van der Waals surface area contributed by atoms with Crippen LogP contribution in [0, 0.1) is 10.1 Å². The van der Waals surface area contributed by atoms with E-state index in [-0.39, 0.29) is 16.7 Å². The highest BCUT2D eigenvalue weighted by molar-refractivity contribution is 5.80. The van der Waals surface area contributed by atoms with Gasteiger partial charge in [0, 0.05) is 12.1 Å². The van der Waals surface area contributed by atoms with Gasteiger partial charge < -0.3 is 4.74 Å². The molecular formula is C18H19NO4. The molecule has 0 bridgehead atoms. The Morgan fingerprint density at radius 3 is 2.30 bits per heavy atom. The number of aldehydes is 1. The van der Waals surface area contributed by atoms with E-state index in [2.05, 4.69) is 32.9 Å². The molecular weight excluding hydrogens is 294 g/mol. The molecule has 0 amide bonds. The average molecular weight is 313 g/mol. The summed E-state index contributed by atoms with van der Waals surface area (Å²) >= 11 is 0. The van der Waals surface area contributed by atoms with E-state index in [9.17, 15) is 14.9 Å². The standard InChI is InChI=1S/C18H19NO4/c1-18(2,3)15-6-4-13(5-7-15)12-23-17-9-8-16(19(21)22)10-14(17)11-20/h4-11H,12H2,1-3H3. The van der Waals surface area contributed by atoms with Crippen LogP contribution in [0.1, 0.15) is 42.3 Å². The first-order chi connectivity index (χ1) is 10.8. The molecule has 120 valence electrons. The number of rotatable bonds is 5. The van der Waals surface area contributed by atoms with Crippen LogP contribution in [-0.4, -0.2) is 11.2 Å². The van der Waals surface area contributed by atoms with Gasteiger partial charge in [0.2, 0.25) is 0 Å². The summed E-state index contributed by atoms with van der Waals surface area (Å²) in [5.41, 5.74) is 2.32. The van der Waals surface area contributed by atoms with Crippen LogP contribution in [0.25, 0.3) is 0 Å². The Hall–Kier alpha value is -2.69. The van der Waals surface area contributed by atoms with Crippen LogP contribution in [-0.2, 0) is 12.0 Å². The Kier molecular flexibility index (Phi) is 4.79. The van der Waals surface area contributed by atoms with Crippen molar-refractivity contribution in [2.24, 2.45) is 0 Å². The number of hydrogen-bond donors (Lipinski definition) is 0. The lowest BCUT2D eigenvalue weighted by Gasteiger charge is -2.19. The van der Waals surface area contributed by atoms with Crippen LogP contribution in [0.4, 0.5) is 5.69 Å². The molecule has 2 aromatic rings. The van der Waals surface area contributed by atoms with Crippen LogP contribution >= 0.6 is 0 Å². The van der Waals surface area contributed by atoms with Crippen molar-refractivity contribution < 1.29 is 14.5 Å². The normalized spacial score (nSPS) is 11.1. The molecule has 0 aliphatic carbocycles. The highest BCUT2D eigenvalue weighted by atomic mass is 16.6. The molecule has 0 aliphatic rings. The smallest absolute Gasteiger partial charge is 0.270 e. The van der Waals surface area contributed by atoms with Gasteiger partial charge in [0.15, 0.2) is 6.29 Å². The molecule has 5 nitrogen and oxygen atoms in total. The predicted octanol–water partition coefficient (Wildman–Crippen LogP) is 4.28. The number of carbonyl (C=O) groups excluding carboxylic acids is 1. The number of ether oxygens (including phenoxy) is 1. The van der Waals surface area contributed by atoms with Gasteiger partial charge in [-0.05, 0) is 22.6 Å². The number of nitrogens with zero attached hydrogens (tertiary/aromatic N) is 1. The van der Waals surface area contributed by atoms with Gasteiger partial charge in [-0.15, -0.1) is 0 Å². The first-order valence-electron chi connectivity index (χ1n) is 7.27. The van der Waals surface area contributed by atoms with E-state index < -0.39 is 4.92 Å². The molecule has 0 aromatic heterocycles. The lowest BCUT2D eigenvalue weighted by Crippen LogP contribution is -2.10. The summed E-state index contributed by atoms with van der Waals surface area (Å²) in [7, 11) is 0. The monoisotopic (exact) mass is 313 g/mol. The minimum absolute atomic E-state index is 0.0858. The summed E-state index contributed by atoms with van der Waals surface area (Å²) in [6.45, 7) is 6.73. The SMILES string of the molecule is CC(C)(C)c1ccc(COc2ccc([N+](=O)[O-])cc2C=O)cc1. The zero-order chi connectivity index (χ0) is 17.0. The minimum Gasteiger partial charge on any atom is -0.488 e. The summed E-state index contributed by atoms with van der Waals surface area (Å²) < 4.78 is 5.62. The molecule has 0 atom stereocenters. The van der Waals surface area contributed by atoms with Gasteiger partial charge >= 0.3 is 0 Å². The van der Waals surface area contributed by atoms with E-state index in [4.69, 9.17) is 4.74 Å². The molecule has 0 spiro atoms. The first-order valence-corrected chi connectivity index (χ1v) is 7.27. The Morgan fingerprint density at radius 2 is 1.78 bits per heavy atom. The number of carbonyl (C=O) groups is 1. The van der Waals surface area contributed by atoms with Gasteiger partial charge in [0.25, 0.3) is 5.69 Å². The summed E-state index contributed by atoms with van der Waals surface area (Å²) in [6.07, 6.45) is 0.561. The van der Waals surface area contributed by atoms with E-state index in [0.717, 1.165) is 5.56 Å². The fraction of sp³-hybridized carbons (Fsp3) is 0.278.